The molecule has 0 saturated heterocycles. The summed E-state index contributed by atoms with van der Waals surface area (Å²) in [5.74, 6) is 1.17. The van der Waals surface area contributed by atoms with Crippen molar-refractivity contribution in [1.29, 1.82) is 0 Å². The van der Waals surface area contributed by atoms with Crippen LogP contribution in [-0.4, -0.2) is 36.0 Å². The minimum absolute atomic E-state index is 0.157. The summed E-state index contributed by atoms with van der Waals surface area (Å²) in [5, 5.41) is 0. The number of sulfone groups is 1. The zero-order valence-electron chi connectivity index (χ0n) is 8.89. The molecule has 86 valence electrons. The third-order valence-corrected chi connectivity index (χ3v) is 3.94. The van der Waals surface area contributed by atoms with Crippen molar-refractivity contribution in [2.24, 2.45) is 5.73 Å². The number of nitrogens with two attached hydrogens (primary N) is 1. The molecule has 0 bridgehead atoms. The molecule has 0 atom stereocenters. The summed E-state index contributed by atoms with van der Waals surface area (Å²) in [5.41, 5.74) is 5.27. The van der Waals surface area contributed by atoms with Crippen LogP contribution in [0.4, 0.5) is 0 Å². The van der Waals surface area contributed by atoms with Crippen LogP contribution in [0.25, 0.3) is 0 Å². The van der Waals surface area contributed by atoms with Gasteiger partial charge in [0.25, 0.3) is 0 Å². The number of nitrogens with zero attached hydrogens (tertiary/aromatic N) is 2. The van der Waals surface area contributed by atoms with E-state index in [2.05, 4.69) is 4.98 Å². The second-order valence-corrected chi connectivity index (χ2v) is 5.77. The minimum Gasteiger partial charge on any atom is -0.334 e. The van der Waals surface area contributed by atoms with Crippen molar-refractivity contribution in [3.05, 3.63) is 18.2 Å². The number of aryl methyl sites for hydroxylation is 2. The topological polar surface area (TPSA) is 78.0 Å². The molecule has 5 nitrogen and oxygen atoms in total. The molecular formula is C9H17N3O2S. The van der Waals surface area contributed by atoms with Crippen LogP contribution in [-0.2, 0) is 16.4 Å². The maximum atomic E-state index is 11.5. The summed E-state index contributed by atoms with van der Waals surface area (Å²) in [6.45, 7) is 2.74. The van der Waals surface area contributed by atoms with Crippen molar-refractivity contribution in [1.82, 2.24) is 9.55 Å². The average molecular weight is 231 g/mol. The van der Waals surface area contributed by atoms with Crippen molar-refractivity contribution in [3.8, 4) is 0 Å². The Morgan fingerprint density at radius 2 is 2.20 bits per heavy atom. The predicted molar refractivity (Wildman–Crippen MR) is 59.3 cm³/mol. The van der Waals surface area contributed by atoms with E-state index in [-0.39, 0.29) is 11.5 Å². The summed E-state index contributed by atoms with van der Waals surface area (Å²) >= 11 is 0. The van der Waals surface area contributed by atoms with E-state index in [1.165, 1.54) is 0 Å². The van der Waals surface area contributed by atoms with Gasteiger partial charge >= 0.3 is 0 Å². The monoisotopic (exact) mass is 231 g/mol. The van der Waals surface area contributed by atoms with E-state index in [1.807, 2.05) is 11.5 Å². The Labute approximate surface area is 90.2 Å². The van der Waals surface area contributed by atoms with Gasteiger partial charge in [0.15, 0.2) is 9.84 Å². The Morgan fingerprint density at radius 1 is 1.47 bits per heavy atom. The molecule has 0 fully saturated rings. The van der Waals surface area contributed by atoms with Gasteiger partial charge in [0.1, 0.15) is 5.82 Å². The quantitative estimate of drug-likeness (QED) is 0.745. The molecule has 0 aliphatic carbocycles. The first kappa shape index (κ1) is 12.2. The van der Waals surface area contributed by atoms with Crippen LogP contribution in [0.3, 0.4) is 0 Å². The summed E-state index contributed by atoms with van der Waals surface area (Å²) < 4.78 is 24.8. The van der Waals surface area contributed by atoms with Gasteiger partial charge in [0, 0.05) is 18.9 Å². The highest BCUT2D eigenvalue weighted by Crippen LogP contribution is 1.99. The van der Waals surface area contributed by atoms with Gasteiger partial charge < -0.3 is 10.3 Å². The number of aromatic nitrogens is 2. The molecule has 0 spiro atoms. The Hall–Kier alpha value is -0.880. The van der Waals surface area contributed by atoms with Gasteiger partial charge in [-0.15, -0.1) is 0 Å². The molecule has 0 amide bonds. The fourth-order valence-corrected chi connectivity index (χ4v) is 2.57. The Balaban J connectivity index is 2.46. The molecule has 0 aromatic carbocycles. The summed E-state index contributed by atoms with van der Waals surface area (Å²) in [6.07, 6.45) is 3.99. The Bertz CT molecular complexity index is 397. The first-order chi connectivity index (χ1) is 7.05. The van der Waals surface area contributed by atoms with E-state index in [0.29, 0.717) is 19.5 Å². The minimum atomic E-state index is -2.97. The summed E-state index contributed by atoms with van der Waals surface area (Å²) in [7, 11) is -2.97. The van der Waals surface area contributed by atoms with Crippen molar-refractivity contribution in [2.45, 2.75) is 19.9 Å². The Kier molecular flexibility index (Phi) is 4.28. The van der Waals surface area contributed by atoms with Crippen LogP contribution < -0.4 is 5.73 Å². The molecular weight excluding hydrogens is 214 g/mol. The average Bonchev–Trinajstić information content (AvgIpc) is 2.58. The molecule has 6 heteroatoms. The van der Waals surface area contributed by atoms with E-state index in [0.717, 1.165) is 5.82 Å². The maximum Gasteiger partial charge on any atom is 0.152 e. The first-order valence-electron chi connectivity index (χ1n) is 4.93. The van der Waals surface area contributed by atoms with Crippen LogP contribution in [0, 0.1) is 6.92 Å². The second kappa shape index (κ2) is 5.27. The molecule has 0 aliphatic heterocycles. The van der Waals surface area contributed by atoms with Crippen LogP contribution in [0.15, 0.2) is 12.4 Å². The number of hydrogen-bond donors (Lipinski definition) is 1. The lowest BCUT2D eigenvalue weighted by Crippen LogP contribution is -2.18. The van der Waals surface area contributed by atoms with Gasteiger partial charge in [-0.1, -0.05) is 0 Å². The van der Waals surface area contributed by atoms with Gasteiger partial charge in [-0.3, -0.25) is 0 Å². The summed E-state index contributed by atoms with van der Waals surface area (Å²) in [6, 6.07) is 0. The highest BCUT2D eigenvalue weighted by molar-refractivity contribution is 7.91. The number of rotatable bonds is 6. The third kappa shape index (κ3) is 4.01. The molecule has 15 heavy (non-hydrogen) atoms. The standard InChI is InChI=1S/C9H17N3O2S/c1-9-11-4-5-12(9)6-8-15(13,14)7-2-3-10/h4-5H,2-3,6-8,10H2,1H3. The largest absolute Gasteiger partial charge is 0.334 e. The summed E-state index contributed by atoms with van der Waals surface area (Å²) in [4.78, 5) is 4.03. The van der Waals surface area contributed by atoms with Crippen molar-refractivity contribution >= 4 is 9.84 Å². The van der Waals surface area contributed by atoms with Crippen LogP contribution in [0.1, 0.15) is 12.2 Å². The third-order valence-electron chi connectivity index (χ3n) is 2.23. The zero-order valence-corrected chi connectivity index (χ0v) is 9.70. The second-order valence-electron chi connectivity index (χ2n) is 3.46. The van der Waals surface area contributed by atoms with E-state index in [9.17, 15) is 8.42 Å². The van der Waals surface area contributed by atoms with Crippen LogP contribution in [0.5, 0.6) is 0 Å². The molecule has 1 rings (SSSR count). The van der Waals surface area contributed by atoms with Crippen molar-refractivity contribution < 1.29 is 8.42 Å². The van der Waals surface area contributed by atoms with E-state index in [1.54, 1.807) is 12.4 Å². The predicted octanol–water partition coefficient (Wildman–Crippen LogP) is -0.0449. The van der Waals surface area contributed by atoms with Crippen molar-refractivity contribution in [2.75, 3.05) is 18.1 Å². The fourth-order valence-electron chi connectivity index (χ4n) is 1.28. The molecule has 2 N–H and O–H groups in total. The highest BCUT2D eigenvalue weighted by atomic mass is 32.2. The normalized spacial score (nSPS) is 11.9. The van der Waals surface area contributed by atoms with Crippen LogP contribution >= 0.6 is 0 Å². The van der Waals surface area contributed by atoms with E-state index in [4.69, 9.17) is 5.73 Å². The first-order valence-corrected chi connectivity index (χ1v) is 6.75. The lowest BCUT2D eigenvalue weighted by molar-refractivity contribution is 0.585. The molecule has 0 radical (unpaired) electrons. The van der Waals surface area contributed by atoms with Crippen molar-refractivity contribution in [3.63, 3.8) is 0 Å². The lowest BCUT2D eigenvalue weighted by atomic mass is 10.5. The van der Waals surface area contributed by atoms with Gasteiger partial charge in [0.05, 0.1) is 11.5 Å². The molecule has 0 saturated carbocycles. The molecule has 1 aromatic rings. The molecule has 0 aliphatic rings. The number of hydrogen-bond acceptors (Lipinski definition) is 4. The van der Waals surface area contributed by atoms with Gasteiger partial charge in [-0.2, -0.15) is 0 Å². The molecule has 0 unspecified atom stereocenters. The highest BCUT2D eigenvalue weighted by Gasteiger charge is 2.10. The van der Waals surface area contributed by atoms with E-state index >= 15 is 0 Å². The van der Waals surface area contributed by atoms with Gasteiger partial charge in [0.2, 0.25) is 0 Å². The lowest BCUT2D eigenvalue weighted by Gasteiger charge is -2.05. The van der Waals surface area contributed by atoms with Crippen LogP contribution in [0.2, 0.25) is 0 Å². The van der Waals surface area contributed by atoms with E-state index < -0.39 is 9.84 Å². The fraction of sp³-hybridized carbons (Fsp3) is 0.667. The molecule has 1 aromatic heterocycles. The SMILES string of the molecule is Cc1nccn1CCS(=O)(=O)CCCN. The zero-order chi connectivity index (χ0) is 11.3. The number of imidazole rings is 1. The Morgan fingerprint density at radius 3 is 2.73 bits per heavy atom. The van der Waals surface area contributed by atoms with Gasteiger partial charge in [-0.25, -0.2) is 13.4 Å². The molecule has 1 heterocycles. The smallest absolute Gasteiger partial charge is 0.152 e. The van der Waals surface area contributed by atoms with Gasteiger partial charge in [-0.05, 0) is 19.9 Å². The maximum absolute atomic E-state index is 11.5.